The van der Waals surface area contributed by atoms with Crippen molar-refractivity contribution in [3.05, 3.63) is 12.2 Å². The van der Waals surface area contributed by atoms with Crippen LogP contribution < -0.4 is 0 Å². The van der Waals surface area contributed by atoms with E-state index in [9.17, 15) is 0 Å². The van der Waals surface area contributed by atoms with Crippen molar-refractivity contribution < 1.29 is 0 Å². The zero-order valence-electron chi connectivity index (χ0n) is 10.5. The van der Waals surface area contributed by atoms with Crippen LogP contribution in [0.25, 0.3) is 0 Å². The summed E-state index contributed by atoms with van der Waals surface area (Å²) in [5, 5.41) is 0. The summed E-state index contributed by atoms with van der Waals surface area (Å²) in [4.78, 5) is 0. The number of hydrogen-bond donors (Lipinski definition) is 0. The largest absolute Gasteiger partial charge is 0.0848 e. The van der Waals surface area contributed by atoms with E-state index in [1.807, 2.05) is 0 Å². The van der Waals surface area contributed by atoms with E-state index in [2.05, 4.69) is 12.2 Å². The van der Waals surface area contributed by atoms with E-state index < -0.39 is 0 Å². The normalized spacial score (nSPS) is 72.5. The first-order valence-electron chi connectivity index (χ1n) is 8.08. The third-order valence-electron chi connectivity index (χ3n) is 7.94. The number of fused-ring (bicyclic) bond motifs is 5. The van der Waals surface area contributed by atoms with Crippen molar-refractivity contribution in [2.24, 2.45) is 59.2 Å². The SMILES string of the molecule is C1=CC2CC1C1C3CC4CC5C(C4)C5C(C3)C21. The Morgan fingerprint density at radius 2 is 1.35 bits per heavy atom. The van der Waals surface area contributed by atoms with Crippen LogP contribution in [0.15, 0.2) is 12.2 Å². The van der Waals surface area contributed by atoms with Crippen molar-refractivity contribution in [1.29, 1.82) is 0 Å². The lowest BCUT2D eigenvalue weighted by atomic mass is 9.77. The first-order valence-corrected chi connectivity index (χ1v) is 8.08. The molecule has 0 aromatic carbocycles. The van der Waals surface area contributed by atoms with Gasteiger partial charge in [0.05, 0.1) is 0 Å². The molecule has 8 bridgehead atoms. The third kappa shape index (κ3) is 0.861. The van der Waals surface area contributed by atoms with Gasteiger partial charge in [-0.1, -0.05) is 12.2 Å². The maximum atomic E-state index is 2.61. The Hall–Kier alpha value is -0.260. The van der Waals surface area contributed by atoms with Crippen molar-refractivity contribution in [2.45, 2.75) is 32.1 Å². The quantitative estimate of drug-likeness (QED) is 0.552. The second-order valence-electron chi connectivity index (χ2n) is 8.24. The number of hydrogen-bond acceptors (Lipinski definition) is 0. The molecule has 90 valence electrons. The molecule has 8 atom stereocenters. The van der Waals surface area contributed by atoms with Gasteiger partial charge in [0.25, 0.3) is 0 Å². The molecule has 0 spiro atoms. The fourth-order valence-corrected chi connectivity index (χ4v) is 7.76. The summed E-state index contributed by atoms with van der Waals surface area (Å²) < 4.78 is 0. The molecule has 7 rings (SSSR count). The van der Waals surface area contributed by atoms with E-state index in [0.717, 1.165) is 35.5 Å². The van der Waals surface area contributed by atoms with Crippen molar-refractivity contribution in [2.75, 3.05) is 0 Å². The van der Waals surface area contributed by atoms with E-state index >= 15 is 0 Å². The second kappa shape index (κ2) is 2.53. The summed E-state index contributed by atoms with van der Waals surface area (Å²) in [6.07, 6.45) is 13.3. The molecular formula is C17H22. The van der Waals surface area contributed by atoms with Crippen LogP contribution in [-0.4, -0.2) is 0 Å². The maximum absolute atomic E-state index is 2.61. The molecule has 0 heteroatoms. The van der Waals surface area contributed by atoms with Gasteiger partial charge < -0.3 is 0 Å². The monoisotopic (exact) mass is 226 g/mol. The Morgan fingerprint density at radius 1 is 0.588 bits per heavy atom. The van der Waals surface area contributed by atoms with Crippen molar-refractivity contribution in [3.63, 3.8) is 0 Å². The second-order valence-corrected chi connectivity index (χ2v) is 8.24. The lowest BCUT2D eigenvalue weighted by Gasteiger charge is -2.27. The van der Waals surface area contributed by atoms with Crippen LogP contribution in [0.1, 0.15) is 32.1 Å². The van der Waals surface area contributed by atoms with Crippen LogP contribution in [0.5, 0.6) is 0 Å². The van der Waals surface area contributed by atoms with Gasteiger partial charge in [0.1, 0.15) is 0 Å². The average molecular weight is 226 g/mol. The molecule has 0 aromatic heterocycles. The van der Waals surface area contributed by atoms with Gasteiger partial charge in [-0.15, -0.1) is 0 Å². The van der Waals surface area contributed by atoms with Crippen LogP contribution in [-0.2, 0) is 0 Å². The summed E-state index contributed by atoms with van der Waals surface area (Å²) in [6, 6.07) is 0. The molecule has 0 N–H and O–H groups in total. The Morgan fingerprint density at radius 3 is 2.18 bits per heavy atom. The zero-order valence-corrected chi connectivity index (χ0v) is 10.5. The van der Waals surface area contributed by atoms with Gasteiger partial charge in [-0.3, -0.25) is 0 Å². The summed E-state index contributed by atoms with van der Waals surface area (Å²) >= 11 is 0. The van der Waals surface area contributed by atoms with Crippen LogP contribution in [0.3, 0.4) is 0 Å². The van der Waals surface area contributed by atoms with Gasteiger partial charge in [0.2, 0.25) is 0 Å². The lowest BCUT2D eigenvalue weighted by molar-refractivity contribution is 0.233. The van der Waals surface area contributed by atoms with Crippen molar-refractivity contribution >= 4 is 0 Å². The molecule has 0 aliphatic heterocycles. The van der Waals surface area contributed by atoms with Crippen LogP contribution >= 0.6 is 0 Å². The third-order valence-corrected chi connectivity index (χ3v) is 7.94. The minimum atomic E-state index is 1.02. The van der Waals surface area contributed by atoms with E-state index in [1.54, 1.807) is 32.1 Å². The molecule has 8 unspecified atom stereocenters. The smallest absolute Gasteiger partial charge is 0.0194 e. The topological polar surface area (TPSA) is 0 Å². The molecule has 17 heavy (non-hydrogen) atoms. The molecule has 0 heterocycles. The molecule has 6 fully saturated rings. The molecule has 0 radical (unpaired) electrons. The lowest BCUT2D eigenvalue weighted by Crippen LogP contribution is -2.22. The number of rotatable bonds is 0. The van der Waals surface area contributed by atoms with Crippen molar-refractivity contribution in [1.82, 2.24) is 0 Å². The zero-order chi connectivity index (χ0) is 10.7. The number of allylic oxidation sites excluding steroid dienone is 2. The maximum Gasteiger partial charge on any atom is -0.0194 e. The Kier molecular flexibility index (Phi) is 1.31. The highest BCUT2D eigenvalue weighted by Gasteiger charge is 2.67. The summed E-state index contributed by atoms with van der Waals surface area (Å²) in [6.45, 7) is 0. The Balaban J connectivity index is 1.49. The summed E-state index contributed by atoms with van der Waals surface area (Å²) in [7, 11) is 0. The molecular weight excluding hydrogens is 204 g/mol. The molecule has 0 aromatic rings. The first-order chi connectivity index (χ1) is 8.40. The van der Waals surface area contributed by atoms with Gasteiger partial charge in [-0.25, -0.2) is 0 Å². The standard InChI is InChI=1S/C17H22/c1-2-10-6-9(1)15-11-3-8-4-12-13(5-8)17(12)14(7-11)16(10)15/h1-2,8-17H,3-7H2. The van der Waals surface area contributed by atoms with Crippen LogP contribution in [0.2, 0.25) is 0 Å². The predicted molar refractivity (Wildman–Crippen MR) is 67.1 cm³/mol. The first kappa shape index (κ1) is 8.77. The van der Waals surface area contributed by atoms with Gasteiger partial charge in [0.15, 0.2) is 0 Å². The van der Waals surface area contributed by atoms with Gasteiger partial charge in [0, 0.05) is 0 Å². The van der Waals surface area contributed by atoms with E-state index in [-0.39, 0.29) is 0 Å². The summed E-state index contributed by atoms with van der Waals surface area (Å²) in [5.41, 5.74) is 0. The van der Waals surface area contributed by atoms with Gasteiger partial charge >= 0.3 is 0 Å². The minimum absolute atomic E-state index is 1.02. The van der Waals surface area contributed by atoms with E-state index in [0.29, 0.717) is 0 Å². The highest BCUT2D eigenvalue weighted by Crippen LogP contribution is 2.74. The molecule has 0 amide bonds. The molecule has 0 saturated heterocycles. The molecule has 7 aliphatic rings. The summed E-state index contributed by atoms with van der Waals surface area (Å²) in [5.74, 6) is 11.5. The van der Waals surface area contributed by atoms with Crippen LogP contribution in [0.4, 0.5) is 0 Å². The molecule has 7 aliphatic carbocycles. The predicted octanol–water partition coefficient (Wildman–Crippen LogP) is 3.74. The van der Waals surface area contributed by atoms with Crippen LogP contribution in [0, 0.1) is 59.2 Å². The Labute approximate surface area is 104 Å². The van der Waals surface area contributed by atoms with Gasteiger partial charge in [-0.2, -0.15) is 0 Å². The van der Waals surface area contributed by atoms with Gasteiger partial charge in [-0.05, 0) is 91.3 Å². The van der Waals surface area contributed by atoms with Crippen molar-refractivity contribution in [3.8, 4) is 0 Å². The average Bonchev–Trinajstić information content (AvgIpc) is 2.85. The fourth-order valence-electron chi connectivity index (χ4n) is 7.76. The molecule has 6 saturated carbocycles. The van der Waals surface area contributed by atoms with E-state index in [1.165, 1.54) is 23.7 Å². The highest BCUT2D eigenvalue weighted by molar-refractivity contribution is 5.22. The minimum Gasteiger partial charge on any atom is -0.0848 e. The molecule has 0 nitrogen and oxygen atoms in total. The fraction of sp³-hybridized carbons (Fsp3) is 0.882. The Bertz CT molecular complexity index is 410. The van der Waals surface area contributed by atoms with E-state index in [4.69, 9.17) is 0 Å². The highest BCUT2D eigenvalue weighted by atomic mass is 14.7.